The Morgan fingerprint density at radius 2 is 1.78 bits per heavy atom. The van der Waals surface area contributed by atoms with Crippen LogP contribution in [0.2, 0.25) is 0 Å². The molecule has 9 heteroatoms. The van der Waals surface area contributed by atoms with Crippen molar-refractivity contribution in [3.63, 3.8) is 0 Å². The number of halogens is 2. The van der Waals surface area contributed by atoms with Crippen LogP contribution in [0.4, 0.5) is 8.78 Å². The highest BCUT2D eigenvalue weighted by molar-refractivity contribution is 7.87. The summed E-state index contributed by atoms with van der Waals surface area (Å²) in [5.41, 5.74) is 0.217. The first-order valence-electron chi connectivity index (χ1n) is 7.91. The van der Waals surface area contributed by atoms with E-state index in [1.807, 2.05) is 4.72 Å². The number of carboxylic acids is 1. The number of nitrogens with one attached hydrogen (secondary N) is 1. The summed E-state index contributed by atoms with van der Waals surface area (Å²) >= 11 is 0. The maximum absolute atomic E-state index is 13.0. The molecule has 0 aromatic rings. The Morgan fingerprint density at radius 1 is 1.26 bits per heavy atom. The van der Waals surface area contributed by atoms with Gasteiger partial charge in [-0.25, -0.2) is 8.78 Å². The van der Waals surface area contributed by atoms with Crippen LogP contribution in [0.25, 0.3) is 0 Å². The summed E-state index contributed by atoms with van der Waals surface area (Å²) in [6, 6.07) is -1.83. The first-order valence-corrected chi connectivity index (χ1v) is 9.35. The Hall–Kier alpha value is -0.800. The molecule has 1 aliphatic heterocycles. The van der Waals surface area contributed by atoms with Crippen molar-refractivity contribution in [3.8, 4) is 0 Å². The molecule has 1 saturated carbocycles. The molecule has 1 aliphatic carbocycles. The zero-order chi connectivity index (χ0) is 17.3. The lowest BCUT2D eigenvalue weighted by molar-refractivity contribution is -0.141. The number of carboxylic acid groups (broad SMARTS) is 1. The number of rotatable bonds is 6. The van der Waals surface area contributed by atoms with Gasteiger partial charge in [-0.05, 0) is 38.0 Å². The van der Waals surface area contributed by atoms with Crippen molar-refractivity contribution in [3.05, 3.63) is 0 Å². The lowest BCUT2D eigenvalue weighted by Gasteiger charge is -2.39. The van der Waals surface area contributed by atoms with Gasteiger partial charge in [0.25, 0.3) is 10.2 Å². The van der Waals surface area contributed by atoms with Crippen molar-refractivity contribution >= 4 is 16.2 Å². The molecule has 6 nitrogen and oxygen atoms in total. The number of aliphatic carboxylic acids is 1. The molecule has 0 radical (unpaired) electrons. The van der Waals surface area contributed by atoms with Crippen molar-refractivity contribution in [2.24, 2.45) is 5.41 Å². The molecule has 1 saturated heterocycles. The van der Waals surface area contributed by atoms with Crippen LogP contribution in [0.3, 0.4) is 0 Å². The van der Waals surface area contributed by atoms with Gasteiger partial charge in [0.2, 0.25) is 5.92 Å². The van der Waals surface area contributed by atoms with Gasteiger partial charge in [-0.2, -0.15) is 17.4 Å². The molecule has 0 bridgehead atoms. The van der Waals surface area contributed by atoms with E-state index in [1.165, 1.54) is 4.31 Å². The van der Waals surface area contributed by atoms with Gasteiger partial charge in [-0.3, -0.25) is 4.79 Å². The molecule has 1 unspecified atom stereocenters. The second kappa shape index (κ2) is 6.60. The van der Waals surface area contributed by atoms with Gasteiger partial charge in [0.05, 0.1) is 0 Å². The van der Waals surface area contributed by atoms with E-state index in [4.69, 9.17) is 5.11 Å². The quantitative estimate of drug-likeness (QED) is 0.764. The predicted octanol–water partition coefficient (Wildman–Crippen LogP) is 1.98. The van der Waals surface area contributed by atoms with E-state index in [-0.39, 0.29) is 5.41 Å². The largest absolute Gasteiger partial charge is 0.480 e. The molecule has 1 atom stereocenters. The molecule has 1 spiro atoms. The molecular formula is C14H24F2N2O4S. The summed E-state index contributed by atoms with van der Waals surface area (Å²) in [5, 5.41) is 8.99. The summed E-state index contributed by atoms with van der Waals surface area (Å²) in [7, 11) is -4.08. The topological polar surface area (TPSA) is 86.7 Å². The van der Waals surface area contributed by atoms with E-state index in [2.05, 4.69) is 0 Å². The van der Waals surface area contributed by atoms with E-state index in [0.29, 0.717) is 20.0 Å². The summed E-state index contributed by atoms with van der Waals surface area (Å²) in [6.07, 6.45) is 4.96. The van der Waals surface area contributed by atoms with Crippen LogP contribution < -0.4 is 4.72 Å². The van der Waals surface area contributed by atoms with Gasteiger partial charge in [-0.1, -0.05) is 12.8 Å². The fourth-order valence-corrected chi connectivity index (χ4v) is 4.97. The van der Waals surface area contributed by atoms with Crippen LogP contribution in [0.1, 0.15) is 51.9 Å². The number of alkyl halides is 2. The Kier molecular flexibility index (Phi) is 5.32. The van der Waals surface area contributed by atoms with Crippen LogP contribution in [0.15, 0.2) is 0 Å². The molecule has 2 rings (SSSR count). The van der Waals surface area contributed by atoms with Gasteiger partial charge in [0.1, 0.15) is 6.04 Å². The van der Waals surface area contributed by atoms with E-state index >= 15 is 0 Å². The summed E-state index contributed by atoms with van der Waals surface area (Å²) in [5.74, 6) is -4.86. The maximum atomic E-state index is 13.0. The van der Waals surface area contributed by atoms with Crippen LogP contribution in [-0.2, 0) is 15.0 Å². The number of piperidine rings is 1. The molecule has 1 heterocycles. The average Bonchev–Trinajstić information content (AvgIpc) is 2.85. The SMILES string of the molecule is CC(F)(F)CC(NS(=O)(=O)N1CCC2(CCCC2)CC1)C(=O)O. The lowest BCUT2D eigenvalue weighted by Crippen LogP contribution is -2.52. The minimum atomic E-state index is -4.08. The summed E-state index contributed by atoms with van der Waals surface area (Å²) in [4.78, 5) is 11.1. The van der Waals surface area contributed by atoms with Crippen molar-refractivity contribution in [1.29, 1.82) is 0 Å². The first kappa shape index (κ1) is 18.5. The molecule has 2 aliphatic rings. The number of nitrogens with zero attached hydrogens (tertiary/aromatic N) is 1. The minimum Gasteiger partial charge on any atom is -0.480 e. The number of carbonyl (C=O) groups is 1. The number of hydrogen-bond donors (Lipinski definition) is 2. The third-order valence-electron chi connectivity index (χ3n) is 4.94. The van der Waals surface area contributed by atoms with Gasteiger partial charge >= 0.3 is 5.97 Å². The van der Waals surface area contributed by atoms with E-state index in [9.17, 15) is 22.0 Å². The van der Waals surface area contributed by atoms with E-state index in [0.717, 1.165) is 38.5 Å². The first-order chi connectivity index (χ1) is 10.5. The van der Waals surface area contributed by atoms with Crippen LogP contribution >= 0.6 is 0 Å². The van der Waals surface area contributed by atoms with Gasteiger partial charge in [0.15, 0.2) is 0 Å². The fourth-order valence-electron chi connectivity index (χ4n) is 3.62. The summed E-state index contributed by atoms with van der Waals surface area (Å²) < 4.78 is 53.8. The van der Waals surface area contributed by atoms with Crippen LogP contribution in [0, 0.1) is 5.41 Å². The predicted molar refractivity (Wildman–Crippen MR) is 80.4 cm³/mol. The zero-order valence-electron chi connectivity index (χ0n) is 13.2. The summed E-state index contributed by atoms with van der Waals surface area (Å²) in [6.45, 7) is 1.19. The lowest BCUT2D eigenvalue weighted by atomic mass is 9.78. The molecule has 134 valence electrons. The van der Waals surface area contributed by atoms with Crippen molar-refractivity contribution < 1.29 is 27.1 Å². The standard InChI is InChI=1S/C14H24F2N2O4S/c1-13(15,16)10-11(12(19)20)17-23(21,22)18-8-6-14(7-9-18)4-2-3-5-14/h11,17H,2-10H2,1H3,(H,19,20). The maximum Gasteiger partial charge on any atom is 0.322 e. The number of hydrogen-bond acceptors (Lipinski definition) is 3. The van der Waals surface area contributed by atoms with Crippen LogP contribution in [0.5, 0.6) is 0 Å². The molecule has 0 aromatic carbocycles. The third-order valence-corrected chi connectivity index (χ3v) is 6.57. The molecule has 23 heavy (non-hydrogen) atoms. The fraction of sp³-hybridized carbons (Fsp3) is 0.929. The average molecular weight is 354 g/mol. The van der Waals surface area contributed by atoms with Crippen LogP contribution in [-0.4, -0.2) is 48.9 Å². The molecule has 0 amide bonds. The second-order valence-corrected chi connectivity index (χ2v) is 8.60. The molecule has 0 aromatic heterocycles. The Balaban J connectivity index is 1.99. The third kappa shape index (κ3) is 4.84. The Morgan fingerprint density at radius 3 is 2.22 bits per heavy atom. The highest BCUT2D eigenvalue weighted by Crippen LogP contribution is 2.46. The highest BCUT2D eigenvalue weighted by Gasteiger charge is 2.41. The Labute approximate surface area is 135 Å². The zero-order valence-corrected chi connectivity index (χ0v) is 14.0. The smallest absolute Gasteiger partial charge is 0.322 e. The van der Waals surface area contributed by atoms with Crippen molar-refractivity contribution in [2.45, 2.75) is 63.8 Å². The van der Waals surface area contributed by atoms with Crippen molar-refractivity contribution in [1.82, 2.24) is 9.03 Å². The normalized spacial score (nSPS) is 24.0. The second-order valence-electron chi connectivity index (χ2n) is 6.89. The van der Waals surface area contributed by atoms with Gasteiger partial charge < -0.3 is 5.11 Å². The Bertz CT molecular complexity index is 531. The monoisotopic (exact) mass is 354 g/mol. The molecule has 2 N–H and O–H groups in total. The van der Waals surface area contributed by atoms with Gasteiger partial charge in [-0.15, -0.1) is 0 Å². The van der Waals surface area contributed by atoms with E-state index < -0.39 is 34.6 Å². The molecule has 2 fully saturated rings. The highest BCUT2D eigenvalue weighted by atomic mass is 32.2. The minimum absolute atomic E-state index is 0.217. The van der Waals surface area contributed by atoms with Crippen molar-refractivity contribution in [2.75, 3.05) is 13.1 Å². The van der Waals surface area contributed by atoms with Gasteiger partial charge in [0, 0.05) is 19.5 Å². The molecular weight excluding hydrogens is 330 g/mol. The van der Waals surface area contributed by atoms with E-state index in [1.54, 1.807) is 0 Å².